The minimum absolute atomic E-state index is 0.185. The number of hydrogen-bond donors (Lipinski definition) is 0. The lowest BCUT2D eigenvalue weighted by Crippen LogP contribution is -2.07. The zero-order valence-electron chi connectivity index (χ0n) is 7.56. The Hall–Kier alpha value is -1.61. The molecule has 0 spiro atoms. The minimum Gasteiger partial charge on any atom is -0.242 e. The van der Waals surface area contributed by atoms with Crippen LogP contribution in [0.15, 0.2) is 29.4 Å². The predicted octanol–water partition coefficient (Wildman–Crippen LogP) is 3.54. The highest BCUT2D eigenvalue weighted by Crippen LogP contribution is 2.23. The molecule has 3 nitrogen and oxygen atoms in total. The van der Waals surface area contributed by atoms with Gasteiger partial charge in [0.1, 0.15) is 12.0 Å². The predicted molar refractivity (Wildman–Crippen MR) is 48.9 cm³/mol. The van der Waals surface area contributed by atoms with E-state index < -0.39 is 18.0 Å². The van der Waals surface area contributed by atoms with Gasteiger partial charge < -0.3 is 0 Å². The average molecular weight is 197 g/mol. The maximum absolute atomic E-state index is 13.5. The van der Waals surface area contributed by atoms with Crippen molar-refractivity contribution in [3.05, 3.63) is 46.1 Å². The molecule has 0 heterocycles. The average Bonchev–Trinajstić information content (AvgIpc) is 2.17. The lowest BCUT2D eigenvalue weighted by atomic mass is 10.1. The van der Waals surface area contributed by atoms with Crippen molar-refractivity contribution in [3.63, 3.8) is 0 Å². The minimum atomic E-state index is -1.47. The Morgan fingerprint density at radius 3 is 2.79 bits per heavy atom. The molecule has 2 atom stereocenters. The molecule has 5 heteroatoms. The summed E-state index contributed by atoms with van der Waals surface area (Å²) >= 11 is 0. The molecule has 0 fully saturated rings. The van der Waals surface area contributed by atoms with Crippen LogP contribution in [-0.2, 0) is 0 Å². The first-order valence-corrected chi connectivity index (χ1v) is 4.09. The van der Waals surface area contributed by atoms with Gasteiger partial charge in [-0.3, -0.25) is 0 Å². The standard InChI is InChI=1S/C9H9F2N3/c1-6(13-14-12)9(11)7-3-2-4-8(10)5-7/h2-6,9H,1H3/t6-,9-/m1/s1. The molecule has 0 unspecified atom stereocenters. The third-order valence-corrected chi connectivity index (χ3v) is 1.82. The van der Waals surface area contributed by atoms with Crippen molar-refractivity contribution >= 4 is 0 Å². The van der Waals surface area contributed by atoms with Crippen molar-refractivity contribution in [2.75, 3.05) is 0 Å². The van der Waals surface area contributed by atoms with Crippen molar-refractivity contribution in [3.8, 4) is 0 Å². The Kier molecular flexibility index (Phi) is 3.42. The Labute approximate surface area is 80.0 Å². The monoisotopic (exact) mass is 197 g/mol. The maximum Gasteiger partial charge on any atom is 0.133 e. The first-order chi connectivity index (χ1) is 6.65. The van der Waals surface area contributed by atoms with Gasteiger partial charge in [0.2, 0.25) is 0 Å². The summed E-state index contributed by atoms with van der Waals surface area (Å²) in [4.78, 5) is 2.50. The lowest BCUT2D eigenvalue weighted by molar-refractivity contribution is 0.299. The SMILES string of the molecule is C[C@@H](N=[N+]=[N-])[C@@H](F)c1cccc(F)c1. The summed E-state index contributed by atoms with van der Waals surface area (Å²) in [6.45, 7) is 1.44. The van der Waals surface area contributed by atoms with E-state index in [1.807, 2.05) is 0 Å². The van der Waals surface area contributed by atoms with Gasteiger partial charge in [-0.15, -0.1) is 0 Å². The number of alkyl halides is 1. The van der Waals surface area contributed by atoms with Crippen LogP contribution in [0.3, 0.4) is 0 Å². The summed E-state index contributed by atoms with van der Waals surface area (Å²) < 4.78 is 26.2. The second kappa shape index (κ2) is 4.58. The summed E-state index contributed by atoms with van der Waals surface area (Å²) in [5.74, 6) is -0.502. The van der Waals surface area contributed by atoms with Crippen LogP contribution >= 0.6 is 0 Å². The number of nitrogens with zero attached hydrogens (tertiary/aromatic N) is 3. The van der Waals surface area contributed by atoms with Gasteiger partial charge in [0, 0.05) is 4.91 Å². The molecule has 1 aromatic rings. The van der Waals surface area contributed by atoms with Crippen LogP contribution in [0.1, 0.15) is 18.7 Å². The van der Waals surface area contributed by atoms with Crippen LogP contribution in [0, 0.1) is 5.82 Å². The lowest BCUT2D eigenvalue weighted by Gasteiger charge is -2.11. The highest BCUT2D eigenvalue weighted by Gasteiger charge is 2.17. The van der Waals surface area contributed by atoms with Crippen LogP contribution in [-0.4, -0.2) is 6.04 Å². The van der Waals surface area contributed by atoms with Crippen LogP contribution in [0.4, 0.5) is 8.78 Å². The van der Waals surface area contributed by atoms with Crippen molar-refractivity contribution in [2.24, 2.45) is 5.11 Å². The van der Waals surface area contributed by atoms with E-state index >= 15 is 0 Å². The van der Waals surface area contributed by atoms with Crippen LogP contribution in [0.25, 0.3) is 10.4 Å². The first-order valence-electron chi connectivity index (χ1n) is 4.09. The third-order valence-electron chi connectivity index (χ3n) is 1.82. The van der Waals surface area contributed by atoms with Gasteiger partial charge in [-0.05, 0) is 23.2 Å². The molecule has 74 valence electrons. The summed E-state index contributed by atoms with van der Waals surface area (Å²) in [5, 5.41) is 3.21. The molecule has 0 amide bonds. The van der Waals surface area contributed by atoms with Crippen LogP contribution in [0.2, 0.25) is 0 Å². The van der Waals surface area contributed by atoms with E-state index in [0.29, 0.717) is 0 Å². The zero-order chi connectivity index (χ0) is 10.6. The van der Waals surface area contributed by atoms with Gasteiger partial charge in [0.05, 0.1) is 6.04 Å². The Balaban J connectivity index is 2.88. The number of azide groups is 1. The van der Waals surface area contributed by atoms with E-state index in [0.717, 1.165) is 6.07 Å². The van der Waals surface area contributed by atoms with E-state index in [2.05, 4.69) is 10.0 Å². The Morgan fingerprint density at radius 2 is 2.21 bits per heavy atom. The number of halogens is 2. The zero-order valence-corrected chi connectivity index (χ0v) is 7.56. The van der Waals surface area contributed by atoms with Crippen molar-refractivity contribution < 1.29 is 8.78 Å². The van der Waals surface area contributed by atoms with Crippen LogP contribution in [0.5, 0.6) is 0 Å². The molecule has 0 aromatic heterocycles. The Bertz CT molecular complexity index is 361. The van der Waals surface area contributed by atoms with Gasteiger partial charge in [-0.2, -0.15) is 0 Å². The number of rotatable bonds is 3. The quantitative estimate of drug-likeness (QED) is 0.404. The molecule has 14 heavy (non-hydrogen) atoms. The highest BCUT2D eigenvalue weighted by molar-refractivity contribution is 5.20. The van der Waals surface area contributed by atoms with Gasteiger partial charge in [-0.25, -0.2) is 8.78 Å². The summed E-state index contributed by atoms with van der Waals surface area (Å²) in [7, 11) is 0. The summed E-state index contributed by atoms with van der Waals surface area (Å²) in [5.41, 5.74) is 8.29. The maximum atomic E-state index is 13.5. The van der Waals surface area contributed by atoms with Crippen molar-refractivity contribution in [2.45, 2.75) is 19.1 Å². The van der Waals surface area contributed by atoms with E-state index in [4.69, 9.17) is 5.53 Å². The largest absolute Gasteiger partial charge is 0.242 e. The Morgan fingerprint density at radius 1 is 1.50 bits per heavy atom. The van der Waals surface area contributed by atoms with Gasteiger partial charge in [0.25, 0.3) is 0 Å². The molecular formula is C9H9F2N3. The van der Waals surface area contributed by atoms with Crippen molar-refractivity contribution in [1.29, 1.82) is 0 Å². The van der Waals surface area contributed by atoms with Gasteiger partial charge in [0.15, 0.2) is 0 Å². The normalized spacial score (nSPS) is 14.2. The highest BCUT2D eigenvalue weighted by atomic mass is 19.1. The fourth-order valence-electron chi connectivity index (χ4n) is 1.10. The van der Waals surface area contributed by atoms with Crippen molar-refractivity contribution in [1.82, 2.24) is 0 Å². The topological polar surface area (TPSA) is 48.8 Å². The molecule has 0 aliphatic carbocycles. The molecule has 0 N–H and O–H groups in total. The molecule has 1 aromatic carbocycles. The second-order valence-electron chi connectivity index (χ2n) is 2.90. The number of hydrogen-bond acceptors (Lipinski definition) is 1. The summed E-state index contributed by atoms with van der Waals surface area (Å²) in [6.07, 6.45) is -1.47. The van der Waals surface area contributed by atoms with E-state index in [1.165, 1.54) is 25.1 Å². The third kappa shape index (κ3) is 2.44. The molecule has 0 aliphatic heterocycles. The van der Waals surface area contributed by atoms with E-state index in [-0.39, 0.29) is 5.56 Å². The van der Waals surface area contributed by atoms with Gasteiger partial charge >= 0.3 is 0 Å². The van der Waals surface area contributed by atoms with Crippen LogP contribution < -0.4 is 0 Å². The summed E-state index contributed by atoms with van der Waals surface area (Å²) in [6, 6.07) is 4.36. The molecule has 0 saturated carbocycles. The first kappa shape index (κ1) is 10.5. The number of benzene rings is 1. The molecular weight excluding hydrogens is 188 g/mol. The smallest absolute Gasteiger partial charge is 0.133 e. The fourth-order valence-corrected chi connectivity index (χ4v) is 1.10. The second-order valence-corrected chi connectivity index (χ2v) is 2.90. The van der Waals surface area contributed by atoms with E-state index in [9.17, 15) is 8.78 Å². The molecule has 0 saturated heterocycles. The van der Waals surface area contributed by atoms with Gasteiger partial charge in [-0.1, -0.05) is 24.2 Å². The molecule has 0 radical (unpaired) electrons. The molecule has 0 bridgehead atoms. The molecule has 1 rings (SSSR count). The fraction of sp³-hybridized carbons (Fsp3) is 0.333. The van der Waals surface area contributed by atoms with E-state index in [1.54, 1.807) is 0 Å². The molecule has 0 aliphatic rings.